The zero-order chi connectivity index (χ0) is 6.08. The molecule has 0 aliphatic carbocycles. The van der Waals surface area contributed by atoms with Crippen molar-refractivity contribution in [2.75, 3.05) is 0 Å². The topological polar surface area (TPSA) is 0 Å². The van der Waals surface area contributed by atoms with Crippen LogP contribution in [0.1, 0.15) is 0 Å². The van der Waals surface area contributed by atoms with Crippen molar-refractivity contribution in [3.05, 3.63) is 0 Å². The molecule has 0 aromatic heterocycles. The second kappa shape index (κ2) is 3.67. The van der Waals surface area contributed by atoms with E-state index in [1.807, 2.05) is 0 Å². The molecular weight excluding hydrogens is 319 g/mol. The standard InChI is InChI=1S/HIS6/c2-1(3)7(4,5)6/h(H,4,5,6)/q-2. The molecule has 0 atom stereocenters. The molecule has 0 fully saturated rings. The molecule has 0 heterocycles. The Kier molecular flexibility index (Phi) is 5.02. The van der Waals surface area contributed by atoms with Crippen molar-refractivity contribution < 1.29 is 0 Å². The zero-order valence-corrected chi connectivity index (χ0v) is 10.0. The van der Waals surface area contributed by atoms with Gasteiger partial charge in [0.15, 0.2) is 0 Å². The van der Waals surface area contributed by atoms with Crippen LogP contribution >= 0.6 is 27.3 Å². The van der Waals surface area contributed by atoms with Crippen LogP contribution in [0.4, 0.5) is 0 Å². The molecule has 46 valence electrons. The maximum atomic E-state index is 4.74. The molecule has 0 saturated heterocycles. The van der Waals surface area contributed by atoms with Crippen molar-refractivity contribution in [2.45, 2.75) is 0 Å². The van der Waals surface area contributed by atoms with Gasteiger partial charge in [0.05, 0.1) is 0 Å². The fraction of sp³-hybridized carbons (Fsp3) is 0. The molecule has 0 spiro atoms. The van der Waals surface area contributed by atoms with Crippen molar-refractivity contribution in [3.8, 4) is 0 Å². The Bertz CT molecular complexity index is 126. The second-order valence-corrected chi connectivity index (χ2v) is 29.0. The van der Waals surface area contributed by atoms with E-state index in [9.17, 15) is 0 Å². The predicted molar refractivity (Wildman–Crippen MR) is 59.8 cm³/mol. The minimum absolute atomic E-state index is 1.59. The SMILES string of the molecule is S=S(=S)(S)I([S-])[S-]. The first kappa shape index (κ1) is 9.57. The first-order valence-corrected chi connectivity index (χ1v) is 14.0. The summed E-state index contributed by atoms with van der Waals surface area (Å²) in [6.07, 6.45) is 0. The van der Waals surface area contributed by atoms with Crippen molar-refractivity contribution in [2.24, 2.45) is 0 Å². The number of rotatable bonds is 1. The number of hydrogen-bond acceptors (Lipinski definition) is 4. The van der Waals surface area contributed by atoms with Crippen LogP contribution in [0, 0.1) is 0 Å². The summed E-state index contributed by atoms with van der Waals surface area (Å²) < 4.78 is -1.59. The molecule has 0 rings (SSSR count). The maximum absolute atomic E-state index is 4.74. The summed E-state index contributed by atoms with van der Waals surface area (Å²) in [6, 6.07) is 0. The average molecular weight is 320 g/mol. The molecule has 7 heteroatoms. The normalized spacial score (nSPS) is 13.9. The van der Waals surface area contributed by atoms with Gasteiger partial charge in [-0.2, -0.15) is 0 Å². The molecule has 0 aromatic carbocycles. The van der Waals surface area contributed by atoms with Crippen LogP contribution in [0.2, 0.25) is 0 Å². The summed E-state index contributed by atoms with van der Waals surface area (Å²) in [5.41, 5.74) is 0. The first-order valence-electron chi connectivity index (χ1n) is 0.979. The van der Waals surface area contributed by atoms with E-state index in [0.717, 1.165) is 0 Å². The molecule has 0 nitrogen and oxygen atoms in total. The van der Waals surface area contributed by atoms with Crippen molar-refractivity contribution in [3.63, 3.8) is 0 Å². The van der Waals surface area contributed by atoms with E-state index in [1.165, 1.54) is 0 Å². The van der Waals surface area contributed by atoms with E-state index < -0.39 is 19.0 Å². The van der Waals surface area contributed by atoms with Gasteiger partial charge in [-0.1, -0.05) is 0 Å². The quantitative estimate of drug-likeness (QED) is 0.254. The van der Waals surface area contributed by atoms with Gasteiger partial charge in [-0.05, 0) is 0 Å². The first-order chi connectivity index (χ1) is 2.94. The van der Waals surface area contributed by atoms with E-state index in [4.69, 9.17) is 42.0 Å². The second-order valence-electron chi connectivity index (χ2n) is 0.601. The van der Waals surface area contributed by atoms with Gasteiger partial charge in [-0.25, -0.2) is 0 Å². The minimum atomic E-state index is -1.76. The molecule has 0 radical (unpaired) electrons. The summed E-state index contributed by atoms with van der Waals surface area (Å²) in [4.78, 5) is 0. The van der Waals surface area contributed by atoms with Crippen LogP contribution in [0.5, 0.6) is 0 Å². The summed E-state index contributed by atoms with van der Waals surface area (Å²) in [7, 11) is 9.48. The fourth-order valence-corrected chi connectivity index (χ4v) is 0. The van der Waals surface area contributed by atoms with Crippen molar-refractivity contribution in [1.82, 2.24) is 0 Å². The van der Waals surface area contributed by atoms with Crippen molar-refractivity contribution in [1.29, 1.82) is 0 Å². The third-order valence-corrected chi connectivity index (χ3v) is 28.8. The van der Waals surface area contributed by atoms with Gasteiger partial charge in [0.2, 0.25) is 0 Å². The Morgan fingerprint density at radius 1 is 1.43 bits per heavy atom. The van der Waals surface area contributed by atoms with Gasteiger partial charge in [-0.3, -0.25) is 0 Å². The number of halogens is 1. The Hall–Kier alpha value is 2.57. The van der Waals surface area contributed by atoms with E-state index in [-0.39, 0.29) is 0 Å². The fourth-order valence-electron chi connectivity index (χ4n) is 0. The Morgan fingerprint density at radius 2 is 1.57 bits per heavy atom. The summed E-state index contributed by atoms with van der Waals surface area (Å²) in [5, 5.41) is 0. The zero-order valence-electron chi connectivity index (χ0n) is 2.87. The molecular formula is HIS6-2. The molecule has 7 heavy (non-hydrogen) atoms. The van der Waals surface area contributed by atoms with Gasteiger partial charge in [0.1, 0.15) is 0 Å². The van der Waals surface area contributed by atoms with E-state index in [2.05, 4.69) is 11.7 Å². The van der Waals surface area contributed by atoms with Gasteiger partial charge in [0, 0.05) is 0 Å². The third-order valence-electron chi connectivity index (χ3n) is 0.159. The van der Waals surface area contributed by atoms with Gasteiger partial charge >= 0.3 is 72.7 Å². The molecule has 0 N–H and O–H groups in total. The van der Waals surface area contributed by atoms with Crippen LogP contribution in [0.3, 0.4) is 0 Å². The summed E-state index contributed by atoms with van der Waals surface area (Å²) in [6.45, 7) is 0. The molecule has 0 aromatic rings. The van der Waals surface area contributed by atoms with Crippen LogP contribution in [-0.4, -0.2) is 0 Å². The van der Waals surface area contributed by atoms with E-state index >= 15 is 0 Å². The van der Waals surface area contributed by atoms with Gasteiger partial charge in [-0.15, -0.1) is 0 Å². The molecule has 0 unspecified atom stereocenters. The monoisotopic (exact) mass is 320 g/mol. The molecule has 0 amide bonds. The van der Waals surface area contributed by atoms with Crippen LogP contribution < -0.4 is 0 Å². The van der Waals surface area contributed by atoms with Crippen LogP contribution in [0.15, 0.2) is 0 Å². The molecule has 0 aliphatic rings. The number of thiol groups is 1. The Morgan fingerprint density at radius 3 is 1.57 bits per heavy atom. The predicted octanol–water partition coefficient (Wildman–Crippen LogP) is 1.25. The third kappa shape index (κ3) is 5.04. The molecule has 0 bridgehead atoms. The summed E-state index contributed by atoms with van der Waals surface area (Å²) in [5.74, 6) is 0. The van der Waals surface area contributed by atoms with Crippen LogP contribution in [-0.2, 0) is 45.3 Å². The Labute approximate surface area is 71.4 Å². The van der Waals surface area contributed by atoms with E-state index in [0.29, 0.717) is 0 Å². The van der Waals surface area contributed by atoms with E-state index in [1.54, 1.807) is 0 Å². The van der Waals surface area contributed by atoms with Crippen molar-refractivity contribution >= 4 is 72.7 Å². The Balaban J connectivity index is 4.10. The van der Waals surface area contributed by atoms with Gasteiger partial charge < -0.3 is 0 Å². The average Bonchev–Trinajstić information content (AvgIpc) is 1.31. The van der Waals surface area contributed by atoms with Crippen LogP contribution in [0.25, 0.3) is 0 Å². The molecule has 0 aliphatic heterocycles. The number of hydrogen-bond donors (Lipinski definition) is 1. The summed E-state index contributed by atoms with van der Waals surface area (Å²) >= 11 is 11.6. The molecule has 0 saturated carbocycles. The van der Waals surface area contributed by atoms with Gasteiger partial charge in [0.25, 0.3) is 0 Å².